The Labute approximate surface area is 240 Å². The number of carbonyl (C=O) groups is 4. The molecule has 8 atom stereocenters. The molecule has 0 unspecified atom stereocenters. The van der Waals surface area contributed by atoms with Crippen LogP contribution in [-0.2, 0) is 39.0 Å². The van der Waals surface area contributed by atoms with E-state index in [0.29, 0.717) is 6.42 Å². The van der Waals surface area contributed by atoms with Crippen molar-refractivity contribution in [3.63, 3.8) is 0 Å². The van der Waals surface area contributed by atoms with Crippen LogP contribution in [-0.4, -0.2) is 97.9 Å². The first kappa shape index (κ1) is 32.8. The first-order chi connectivity index (χ1) is 19.8. The Bertz CT molecular complexity index is 1230. The van der Waals surface area contributed by atoms with Gasteiger partial charge in [0.1, 0.15) is 31.0 Å². The molecule has 14 nitrogen and oxygen atoms in total. The second-order valence-electron chi connectivity index (χ2n) is 10.3. The summed E-state index contributed by atoms with van der Waals surface area (Å²) in [6, 6.07) is 6.00. The average molecular weight is 594 g/mol. The van der Waals surface area contributed by atoms with Crippen molar-refractivity contribution < 1.29 is 64.0 Å². The standard InChI is InChI=1S/C28H35NO13/c1-14(18(30)11-21(32)33)7-3-4-8-15(2)25(37)40-13-19-22(34)23(35)24(36)26(41-19)42-28(27(38)39)12-20(31)29-17-10-6-5-9-16(17)28/h3-6,8-10,14,18-19,22-24,26,30,34-36H,7,11-13H2,1-2H3,(H,29,31)(H,32,33)(H,38,39)/b4-3+,15-8+/t14-,18+,19+,22+,23-,24+,26-,28-/m0/s1. The van der Waals surface area contributed by atoms with E-state index in [4.69, 9.17) is 19.3 Å². The Balaban J connectivity index is 1.66. The van der Waals surface area contributed by atoms with E-state index in [1.54, 1.807) is 19.1 Å². The number of para-hydroxylation sites is 1. The molecule has 0 radical (unpaired) electrons. The first-order valence-electron chi connectivity index (χ1n) is 13.2. The van der Waals surface area contributed by atoms with Gasteiger partial charge in [0.25, 0.3) is 0 Å². The molecular formula is C28H35NO13. The lowest BCUT2D eigenvalue weighted by molar-refractivity contribution is -0.327. The maximum absolute atomic E-state index is 12.5. The van der Waals surface area contributed by atoms with Crippen LogP contribution in [0.2, 0.25) is 0 Å². The maximum atomic E-state index is 12.5. The molecular weight excluding hydrogens is 558 g/mol. The molecule has 0 spiro atoms. The molecule has 42 heavy (non-hydrogen) atoms. The average Bonchev–Trinajstić information content (AvgIpc) is 2.93. The maximum Gasteiger partial charge on any atom is 0.341 e. The number of benzene rings is 1. The topological polar surface area (TPSA) is 229 Å². The molecule has 3 rings (SSSR count). The van der Waals surface area contributed by atoms with Gasteiger partial charge in [-0.05, 0) is 25.3 Å². The smallest absolute Gasteiger partial charge is 0.341 e. The lowest BCUT2D eigenvalue weighted by Gasteiger charge is -2.44. The van der Waals surface area contributed by atoms with Crippen LogP contribution in [0.3, 0.4) is 0 Å². The molecule has 1 aromatic rings. The van der Waals surface area contributed by atoms with Crippen molar-refractivity contribution in [3.05, 3.63) is 53.6 Å². The number of carboxylic acid groups (broad SMARTS) is 2. The highest BCUT2D eigenvalue weighted by Crippen LogP contribution is 2.41. The molecule has 0 aromatic heterocycles. The summed E-state index contributed by atoms with van der Waals surface area (Å²) in [5.41, 5.74) is -1.90. The van der Waals surface area contributed by atoms with Crippen molar-refractivity contribution in [2.45, 2.75) is 75.5 Å². The summed E-state index contributed by atoms with van der Waals surface area (Å²) in [5.74, 6) is -4.49. The van der Waals surface area contributed by atoms with E-state index < -0.39 is 79.3 Å². The third-order valence-corrected chi connectivity index (χ3v) is 7.11. The number of aliphatic hydroxyl groups is 4. The number of aliphatic hydroxyl groups excluding tert-OH is 4. The minimum atomic E-state index is -2.29. The van der Waals surface area contributed by atoms with E-state index in [9.17, 15) is 44.7 Å². The number of hydrogen-bond acceptors (Lipinski definition) is 11. The van der Waals surface area contributed by atoms with Gasteiger partial charge in [0.15, 0.2) is 6.29 Å². The summed E-state index contributed by atoms with van der Waals surface area (Å²) in [6.07, 6.45) is -5.93. The van der Waals surface area contributed by atoms with Gasteiger partial charge in [0.2, 0.25) is 11.5 Å². The molecule has 1 aromatic carbocycles. The SMILES string of the molecule is C/C(=C\C=C\C[C@H](C)[C@H](O)CC(=O)O)C(=O)OC[C@H]1O[C@@H](O[C@@]2(C(=O)O)CC(=O)Nc3ccccc32)[C@H](O)[C@@H](O)[C@@H]1O. The van der Waals surface area contributed by atoms with Crippen LogP contribution >= 0.6 is 0 Å². The van der Waals surface area contributed by atoms with Crippen LogP contribution in [0.1, 0.15) is 38.7 Å². The number of ether oxygens (including phenoxy) is 3. The van der Waals surface area contributed by atoms with Crippen LogP contribution in [0.15, 0.2) is 48.1 Å². The number of hydrogen-bond donors (Lipinski definition) is 7. The van der Waals surface area contributed by atoms with E-state index in [1.165, 1.54) is 37.3 Å². The normalized spacial score (nSPS) is 29.3. The molecule has 7 N–H and O–H groups in total. The molecule has 1 amide bonds. The Kier molecular flexibility index (Phi) is 11.0. The number of nitrogens with one attached hydrogen (secondary N) is 1. The molecule has 0 saturated carbocycles. The molecule has 0 aliphatic carbocycles. The number of amides is 1. The fraction of sp³-hybridized carbons (Fsp3) is 0.500. The molecule has 2 aliphatic heterocycles. The van der Waals surface area contributed by atoms with E-state index >= 15 is 0 Å². The molecule has 14 heteroatoms. The first-order valence-corrected chi connectivity index (χ1v) is 13.2. The number of carbonyl (C=O) groups excluding carboxylic acids is 2. The molecule has 2 aliphatic rings. The second-order valence-corrected chi connectivity index (χ2v) is 10.3. The number of aliphatic carboxylic acids is 2. The van der Waals surface area contributed by atoms with Crippen molar-refractivity contribution in [1.82, 2.24) is 0 Å². The summed E-state index contributed by atoms with van der Waals surface area (Å²) >= 11 is 0. The van der Waals surface area contributed by atoms with Gasteiger partial charge in [0.05, 0.1) is 18.9 Å². The van der Waals surface area contributed by atoms with Crippen molar-refractivity contribution in [1.29, 1.82) is 0 Å². The summed E-state index contributed by atoms with van der Waals surface area (Å²) in [4.78, 5) is 48.0. The van der Waals surface area contributed by atoms with Crippen LogP contribution in [0, 0.1) is 5.92 Å². The van der Waals surface area contributed by atoms with Gasteiger partial charge in [-0.25, -0.2) is 9.59 Å². The Morgan fingerprint density at radius 2 is 1.83 bits per heavy atom. The summed E-state index contributed by atoms with van der Waals surface area (Å²) in [5, 5.41) is 62.6. The predicted molar refractivity (Wildman–Crippen MR) is 143 cm³/mol. The Hall–Kier alpha value is -3.66. The highest BCUT2D eigenvalue weighted by atomic mass is 16.7. The van der Waals surface area contributed by atoms with Gasteiger partial charge in [-0.2, -0.15) is 0 Å². The summed E-state index contributed by atoms with van der Waals surface area (Å²) in [7, 11) is 0. The molecule has 230 valence electrons. The number of anilines is 1. The van der Waals surface area contributed by atoms with Crippen molar-refractivity contribution in [2.24, 2.45) is 5.92 Å². The molecule has 1 saturated heterocycles. The van der Waals surface area contributed by atoms with Gasteiger partial charge < -0.3 is 50.2 Å². The van der Waals surface area contributed by atoms with Crippen molar-refractivity contribution in [2.75, 3.05) is 11.9 Å². The van der Waals surface area contributed by atoms with Gasteiger partial charge in [-0.15, -0.1) is 0 Å². The van der Waals surface area contributed by atoms with Crippen LogP contribution < -0.4 is 5.32 Å². The number of allylic oxidation sites excluding steroid dienone is 3. The van der Waals surface area contributed by atoms with Gasteiger partial charge in [-0.3, -0.25) is 9.59 Å². The van der Waals surface area contributed by atoms with Crippen molar-refractivity contribution in [3.8, 4) is 0 Å². The van der Waals surface area contributed by atoms with Crippen LogP contribution in [0.4, 0.5) is 5.69 Å². The third-order valence-electron chi connectivity index (χ3n) is 7.11. The summed E-state index contributed by atoms with van der Waals surface area (Å²) in [6.45, 7) is 2.52. The molecule has 1 fully saturated rings. The van der Waals surface area contributed by atoms with E-state index in [0.717, 1.165) is 0 Å². The quantitative estimate of drug-likeness (QED) is 0.0966. The van der Waals surface area contributed by atoms with Gasteiger partial charge in [-0.1, -0.05) is 43.4 Å². The number of carboxylic acids is 2. The predicted octanol–water partition coefficient (Wildman–Crippen LogP) is 0.0404. The largest absolute Gasteiger partial charge is 0.481 e. The fourth-order valence-corrected chi connectivity index (χ4v) is 4.54. The van der Waals surface area contributed by atoms with E-state index in [2.05, 4.69) is 5.32 Å². The van der Waals surface area contributed by atoms with E-state index in [1.807, 2.05) is 0 Å². The summed E-state index contributed by atoms with van der Waals surface area (Å²) < 4.78 is 16.4. The van der Waals surface area contributed by atoms with Crippen LogP contribution in [0.5, 0.6) is 0 Å². The highest BCUT2D eigenvalue weighted by Gasteiger charge is 2.54. The zero-order valence-corrected chi connectivity index (χ0v) is 23.0. The Morgan fingerprint density at radius 3 is 2.50 bits per heavy atom. The lowest BCUT2D eigenvalue weighted by atomic mass is 9.85. The van der Waals surface area contributed by atoms with E-state index in [-0.39, 0.29) is 29.2 Å². The fourth-order valence-electron chi connectivity index (χ4n) is 4.54. The van der Waals surface area contributed by atoms with Gasteiger partial charge in [0, 0.05) is 16.8 Å². The van der Waals surface area contributed by atoms with Crippen molar-refractivity contribution >= 4 is 29.5 Å². The highest BCUT2D eigenvalue weighted by molar-refractivity contribution is 6.01. The minimum Gasteiger partial charge on any atom is -0.481 e. The zero-order chi connectivity index (χ0) is 31.2. The molecule has 2 heterocycles. The number of esters is 1. The minimum absolute atomic E-state index is 0.0797. The monoisotopic (exact) mass is 593 g/mol. The third kappa shape index (κ3) is 7.59. The van der Waals surface area contributed by atoms with Gasteiger partial charge >= 0.3 is 17.9 Å². The number of fused-ring (bicyclic) bond motifs is 1. The lowest BCUT2D eigenvalue weighted by Crippen LogP contribution is -2.62. The molecule has 0 bridgehead atoms. The van der Waals surface area contributed by atoms with Crippen LogP contribution in [0.25, 0.3) is 0 Å². The number of rotatable bonds is 12. The second kappa shape index (κ2) is 14.0. The zero-order valence-electron chi connectivity index (χ0n) is 23.0. The Morgan fingerprint density at radius 1 is 1.14 bits per heavy atom.